The van der Waals surface area contributed by atoms with E-state index in [0.29, 0.717) is 12.2 Å². The van der Waals surface area contributed by atoms with Gasteiger partial charge >= 0.3 is 5.97 Å². The molecule has 0 saturated carbocycles. The van der Waals surface area contributed by atoms with E-state index in [1.54, 1.807) is 26.3 Å². The molecule has 2 rings (SSSR count). The number of allylic oxidation sites excluding steroid dienone is 1. The van der Waals surface area contributed by atoms with Crippen LogP contribution in [0.3, 0.4) is 0 Å². The number of benzene rings is 1. The van der Waals surface area contributed by atoms with E-state index in [0.717, 1.165) is 11.3 Å². The van der Waals surface area contributed by atoms with Gasteiger partial charge in [-0.3, -0.25) is 9.79 Å². The molecule has 0 aliphatic carbocycles. The van der Waals surface area contributed by atoms with Crippen molar-refractivity contribution >= 4 is 28.1 Å². The zero-order valence-electron chi connectivity index (χ0n) is 11.8. The molecule has 112 valence electrons. The van der Waals surface area contributed by atoms with Gasteiger partial charge in [0.25, 0.3) is 0 Å². The zero-order valence-corrected chi connectivity index (χ0v) is 13.4. The van der Waals surface area contributed by atoms with Crippen LogP contribution in [0.2, 0.25) is 0 Å². The van der Waals surface area contributed by atoms with E-state index in [-0.39, 0.29) is 6.04 Å². The first kappa shape index (κ1) is 15.6. The summed E-state index contributed by atoms with van der Waals surface area (Å²) in [7, 11) is 1.62. The molecule has 2 N–H and O–H groups in total. The summed E-state index contributed by atoms with van der Waals surface area (Å²) in [6.45, 7) is 2.34. The Balaban J connectivity index is 2.05. The molecule has 0 spiro atoms. The van der Waals surface area contributed by atoms with Gasteiger partial charge in [0.15, 0.2) is 4.32 Å². The van der Waals surface area contributed by atoms with Crippen LogP contribution in [-0.2, 0) is 11.3 Å². The van der Waals surface area contributed by atoms with Gasteiger partial charge in [0, 0.05) is 12.8 Å². The third kappa shape index (κ3) is 3.44. The third-order valence-corrected chi connectivity index (χ3v) is 4.62. The minimum atomic E-state index is -1.16. The van der Waals surface area contributed by atoms with E-state index in [9.17, 15) is 9.90 Å². The lowest BCUT2D eigenvalue weighted by Crippen LogP contribution is -2.43. The summed E-state index contributed by atoms with van der Waals surface area (Å²) in [6.07, 6.45) is 3.31. The Morgan fingerprint density at radius 2 is 2.14 bits per heavy atom. The minimum absolute atomic E-state index is 0.360. The van der Waals surface area contributed by atoms with Gasteiger partial charge in [0.1, 0.15) is 5.75 Å². The van der Waals surface area contributed by atoms with Crippen molar-refractivity contribution in [3.05, 3.63) is 41.6 Å². The van der Waals surface area contributed by atoms with Crippen LogP contribution in [0.1, 0.15) is 12.5 Å². The largest absolute Gasteiger partial charge is 0.497 e. The van der Waals surface area contributed by atoms with Crippen LogP contribution in [0.4, 0.5) is 0 Å². The van der Waals surface area contributed by atoms with E-state index < -0.39 is 10.3 Å². The third-order valence-electron chi connectivity index (χ3n) is 3.39. The first-order valence-corrected chi connectivity index (χ1v) is 7.30. The summed E-state index contributed by atoms with van der Waals surface area (Å²) in [6, 6.07) is 7.31. The quantitative estimate of drug-likeness (QED) is 0.798. The predicted molar refractivity (Wildman–Crippen MR) is 85.2 cm³/mol. The van der Waals surface area contributed by atoms with Crippen LogP contribution >= 0.6 is 15.9 Å². The Morgan fingerprint density at radius 1 is 1.48 bits per heavy atom. The number of rotatable bonds is 5. The topological polar surface area (TPSA) is 70.9 Å². The van der Waals surface area contributed by atoms with Crippen LogP contribution in [0, 0.1) is 0 Å². The number of hydrogen-bond donors (Lipinski definition) is 2. The Bertz CT molecular complexity index is 583. The molecule has 1 heterocycles. The number of nitrogens with zero attached hydrogens (tertiary/aromatic N) is 1. The summed E-state index contributed by atoms with van der Waals surface area (Å²) < 4.78 is 3.94. The molecule has 6 heteroatoms. The Hall–Kier alpha value is -1.82. The molecule has 0 aromatic heterocycles. The van der Waals surface area contributed by atoms with Gasteiger partial charge < -0.3 is 15.2 Å². The number of carboxylic acid groups (broad SMARTS) is 1. The first-order chi connectivity index (χ1) is 9.95. The monoisotopic (exact) mass is 352 g/mol. The van der Waals surface area contributed by atoms with Crippen LogP contribution < -0.4 is 10.1 Å². The second kappa shape index (κ2) is 6.30. The molecule has 2 unspecified atom stereocenters. The Morgan fingerprint density at radius 3 is 2.71 bits per heavy atom. The van der Waals surface area contributed by atoms with Crippen LogP contribution in [0.5, 0.6) is 5.75 Å². The molecular formula is C15H17BrN2O3. The second-order valence-electron chi connectivity index (χ2n) is 4.83. The molecule has 2 atom stereocenters. The Labute approximate surface area is 131 Å². The highest BCUT2D eigenvalue weighted by Gasteiger charge is 2.41. The number of ether oxygens (including phenoxy) is 1. The summed E-state index contributed by atoms with van der Waals surface area (Å²) in [5.74, 6) is -0.146. The molecule has 1 aromatic rings. The predicted octanol–water partition coefficient (Wildman–Crippen LogP) is 2.36. The normalized spacial score (nSPS) is 24.3. The molecule has 0 bridgehead atoms. The number of alkyl halides is 1. The lowest BCUT2D eigenvalue weighted by molar-refractivity contribution is -0.138. The van der Waals surface area contributed by atoms with Gasteiger partial charge in [-0.2, -0.15) is 0 Å². The number of carboxylic acids is 1. The smallest absolute Gasteiger partial charge is 0.326 e. The van der Waals surface area contributed by atoms with E-state index in [4.69, 9.17) is 4.74 Å². The van der Waals surface area contributed by atoms with Crippen molar-refractivity contribution in [3.63, 3.8) is 0 Å². The van der Waals surface area contributed by atoms with Crippen LogP contribution in [0.25, 0.3) is 0 Å². The second-order valence-corrected chi connectivity index (χ2v) is 6.14. The number of methoxy groups -OCH3 is 1. The lowest BCUT2D eigenvalue weighted by atomic mass is 9.98. The number of nitrogens with one attached hydrogen (secondary N) is 1. The van der Waals surface area contributed by atoms with Gasteiger partial charge in [0.05, 0.1) is 18.8 Å². The molecule has 0 fully saturated rings. The molecule has 1 aliphatic rings. The van der Waals surface area contributed by atoms with Crippen LogP contribution in [-0.4, -0.2) is 34.8 Å². The van der Waals surface area contributed by atoms with Crippen molar-refractivity contribution < 1.29 is 14.6 Å². The van der Waals surface area contributed by atoms with Crippen molar-refractivity contribution in [1.29, 1.82) is 0 Å². The fourth-order valence-corrected chi connectivity index (χ4v) is 2.33. The van der Waals surface area contributed by atoms with Crippen molar-refractivity contribution in [3.8, 4) is 5.75 Å². The van der Waals surface area contributed by atoms with Crippen molar-refractivity contribution in [2.75, 3.05) is 7.11 Å². The summed E-state index contributed by atoms with van der Waals surface area (Å²) in [4.78, 5) is 15.6. The first-order valence-electron chi connectivity index (χ1n) is 6.51. The number of hydrogen-bond acceptors (Lipinski definition) is 4. The molecule has 0 saturated heterocycles. The Kier molecular flexibility index (Phi) is 4.67. The van der Waals surface area contributed by atoms with Gasteiger partial charge in [-0.25, -0.2) is 0 Å². The maximum atomic E-state index is 11.4. The highest BCUT2D eigenvalue weighted by Crippen LogP contribution is 2.30. The average Bonchev–Trinajstić information content (AvgIpc) is 2.49. The van der Waals surface area contributed by atoms with Gasteiger partial charge in [0.2, 0.25) is 0 Å². The standard InChI is InChI=1S/C15H17BrN2O3/c1-10-15(16,14(19)20)7-12(9-17-10)18-8-11-3-5-13(21-2)6-4-11/h3-7,9-10,18H,8H2,1-2H3,(H,19,20). The lowest BCUT2D eigenvalue weighted by Gasteiger charge is -2.27. The number of carbonyl (C=O) groups is 1. The van der Waals surface area contributed by atoms with Gasteiger partial charge in [-0.1, -0.05) is 28.1 Å². The highest BCUT2D eigenvalue weighted by molar-refractivity contribution is 9.10. The molecular weight excluding hydrogens is 336 g/mol. The zero-order chi connectivity index (χ0) is 15.5. The molecule has 1 aromatic carbocycles. The van der Waals surface area contributed by atoms with Crippen molar-refractivity contribution in [2.24, 2.45) is 4.99 Å². The van der Waals surface area contributed by atoms with Gasteiger partial charge in [-0.05, 0) is 30.7 Å². The molecule has 0 amide bonds. The summed E-state index contributed by atoms with van der Waals surface area (Å²) >= 11 is 3.26. The van der Waals surface area contributed by atoms with Crippen molar-refractivity contribution in [1.82, 2.24) is 5.32 Å². The van der Waals surface area contributed by atoms with E-state index in [2.05, 4.69) is 26.2 Å². The molecule has 5 nitrogen and oxygen atoms in total. The highest BCUT2D eigenvalue weighted by atomic mass is 79.9. The molecule has 0 radical (unpaired) electrons. The fraction of sp³-hybridized carbons (Fsp3) is 0.333. The van der Waals surface area contributed by atoms with E-state index in [1.807, 2.05) is 24.3 Å². The maximum Gasteiger partial charge on any atom is 0.326 e. The number of dihydropyridines is 1. The SMILES string of the molecule is COc1ccc(CNC2=CC(Br)(C(=O)O)C(C)N=C2)cc1. The van der Waals surface area contributed by atoms with Crippen molar-refractivity contribution in [2.45, 2.75) is 23.8 Å². The van der Waals surface area contributed by atoms with E-state index >= 15 is 0 Å². The van der Waals surface area contributed by atoms with Crippen LogP contribution in [0.15, 0.2) is 41.0 Å². The number of aliphatic carboxylic acids is 1. The summed E-state index contributed by atoms with van der Waals surface area (Å²) in [5, 5.41) is 12.5. The molecule has 1 aliphatic heterocycles. The van der Waals surface area contributed by atoms with Gasteiger partial charge in [-0.15, -0.1) is 0 Å². The average molecular weight is 353 g/mol. The maximum absolute atomic E-state index is 11.4. The van der Waals surface area contributed by atoms with E-state index in [1.165, 1.54) is 0 Å². The minimum Gasteiger partial charge on any atom is -0.497 e. The number of aliphatic imine (C=N–C) groups is 1. The summed E-state index contributed by atoms with van der Waals surface area (Å²) in [5.41, 5.74) is 1.75. The molecule has 21 heavy (non-hydrogen) atoms. The fourth-order valence-electron chi connectivity index (χ4n) is 1.97. The number of halogens is 1.